The van der Waals surface area contributed by atoms with Gasteiger partial charge in [0.2, 0.25) is 0 Å². The summed E-state index contributed by atoms with van der Waals surface area (Å²) in [5, 5.41) is 22.1. The highest BCUT2D eigenvalue weighted by Gasteiger charge is 2.48. The Morgan fingerprint density at radius 2 is 1.70 bits per heavy atom. The molecule has 3 aromatic carbocycles. The number of ketones is 1. The summed E-state index contributed by atoms with van der Waals surface area (Å²) in [6, 6.07) is 14.0. The third-order valence-electron chi connectivity index (χ3n) is 6.34. The summed E-state index contributed by atoms with van der Waals surface area (Å²) in [5.74, 6) is -0.814. The van der Waals surface area contributed by atoms with Crippen LogP contribution in [0.5, 0.6) is 23.0 Å². The number of phenolic OH excluding ortho intramolecular Hbond substituents is 1. The zero-order chi connectivity index (χ0) is 28.6. The number of benzene rings is 3. The molecule has 1 aromatic heterocycles. The molecule has 1 amide bonds. The summed E-state index contributed by atoms with van der Waals surface area (Å²) < 4.78 is 17.5. The van der Waals surface area contributed by atoms with Crippen LogP contribution in [-0.2, 0) is 9.59 Å². The molecule has 1 atom stereocenters. The number of anilines is 1. The number of phenols is 1. The minimum absolute atomic E-state index is 0.122. The molecule has 0 bridgehead atoms. The first-order chi connectivity index (χ1) is 19.3. The topological polar surface area (TPSA) is 118 Å². The summed E-state index contributed by atoms with van der Waals surface area (Å²) in [6.07, 6.45) is 0. The Morgan fingerprint density at radius 1 is 1.02 bits per heavy atom. The minimum atomic E-state index is -1.07. The van der Waals surface area contributed by atoms with E-state index < -0.39 is 17.7 Å². The Balaban J connectivity index is 1.71. The first-order valence-electron chi connectivity index (χ1n) is 12.4. The highest BCUT2D eigenvalue weighted by atomic mass is 79.9. The van der Waals surface area contributed by atoms with Gasteiger partial charge in [-0.05, 0) is 89.9 Å². The predicted octanol–water partition coefficient (Wildman–Crippen LogP) is 6.20. The van der Waals surface area contributed by atoms with Crippen LogP contribution in [0.15, 0.2) is 64.6 Å². The molecular weight excluding hydrogens is 600 g/mol. The molecule has 1 unspecified atom stereocenters. The number of Topliss-reactive ketones (excluding diaryl/α,β-unsaturated/α-hetero) is 1. The molecule has 40 heavy (non-hydrogen) atoms. The van der Waals surface area contributed by atoms with E-state index in [-0.39, 0.29) is 28.0 Å². The van der Waals surface area contributed by atoms with Crippen molar-refractivity contribution in [1.29, 1.82) is 0 Å². The first-order valence-corrected chi connectivity index (χ1v) is 14.0. The highest BCUT2D eigenvalue weighted by molar-refractivity contribution is 9.10. The number of hydrogen-bond acceptors (Lipinski definition) is 9. The monoisotopic (exact) mass is 624 g/mol. The fourth-order valence-electron chi connectivity index (χ4n) is 4.54. The van der Waals surface area contributed by atoms with E-state index in [0.29, 0.717) is 45.8 Å². The third kappa shape index (κ3) is 4.86. The van der Waals surface area contributed by atoms with E-state index in [9.17, 15) is 19.8 Å². The lowest BCUT2D eigenvalue weighted by molar-refractivity contribution is -0.132. The van der Waals surface area contributed by atoms with E-state index in [2.05, 4.69) is 20.9 Å². The van der Waals surface area contributed by atoms with E-state index >= 15 is 0 Å². The molecule has 11 heteroatoms. The van der Waals surface area contributed by atoms with Gasteiger partial charge in [0.15, 0.2) is 16.6 Å². The number of carbonyl (C=O) groups is 2. The number of rotatable bonds is 8. The quantitative estimate of drug-likeness (QED) is 0.135. The molecule has 9 nitrogen and oxygen atoms in total. The van der Waals surface area contributed by atoms with Gasteiger partial charge in [-0.3, -0.25) is 14.5 Å². The largest absolute Gasteiger partial charge is 0.507 e. The van der Waals surface area contributed by atoms with Gasteiger partial charge in [-0.25, -0.2) is 4.98 Å². The average molecular weight is 625 g/mol. The molecule has 0 aliphatic carbocycles. The Kier molecular flexibility index (Phi) is 7.68. The number of amides is 1. The van der Waals surface area contributed by atoms with Gasteiger partial charge in [-0.1, -0.05) is 11.3 Å². The maximum absolute atomic E-state index is 13.6. The van der Waals surface area contributed by atoms with Crippen LogP contribution < -0.4 is 19.1 Å². The molecule has 4 aromatic rings. The van der Waals surface area contributed by atoms with Gasteiger partial charge in [0.05, 0.1) is 46.6 Å². The molecule has 1 aliphatic rings. The number of aliphatic hydroxyl groups excluding tert-OH is 1. The average Bonchev–Trinajstić information content (AvgIpc) is 3.48. The Hall–Kier alpha value is -4.09. The van der Waals surface area contributed by atoms with Crippen molar-refractivity contribution in [2.45, 2.75) is 19.9 Å². The molecule has 1 fully saturated rings. The lowest BCUT2D eigenvalue weighted by Crippen LogP contribution is -2.29. The first kappa shape index (κ1) is 27.5. The molecule has 2 N–H and O–H groups in total. The number of ether oxygens (including phenoxy) is 3. The number of thiazole rings is 1. The van der Waals surface area contributed by atoms with Crippen LogP contribution >= 0.6 is 27.3 Å². The lowest BCUT2D eigenvalue weighted by atomic mass is 9.95. The zero-order valence-electron chi connectivity index (χ0n) is 21.8. The van der Waals surface area contributed by atoms with Crippen molar-refractivity contribution in [2.75, 3.05) is 25.2 Å². The fraction of sp³-hybridized carbons (Fsp3) is 0.207. The van der Waals surface area contributed by atoms with E-state index in [0.717, 1.165) is 4.70 Å². The van der Waals surface area contributed by atoms with Gasteiger partial charge in [0.1, 0.15) is 17.3 Å². The number of halogens is 1. The summed E-state index contributed by atoms with van der Waals surface area (Å²) in [7, 11) is 1.39. The van der Waals surface area contributed by atoms with Gasteiger partial charge >= 0.3 is 5.91 Å². The predicted molar refractivity (Wildman–Crippen MR) is 156 cm³/mol. The number of aromatic nitrogens is 1. The molecule has 206 valence electrons. The summed E-state index contributed by atoms with van der Waals surface area (Å²) in [6.45, 7) is 4.71. The van der Waals surface area contributed by atoms with E-state index in [1.54, 1.807) is 42.5 Å². The van der Waals surface area contributed by atoms with E-state index in [1.165, 1.54) is 29.4 Å². The molecule has 0 radical (unpaired) electrons. The zero-order valence-corrected chi connectivity index (χ0v) is 24.2. The van der Waals surface area contributed by atoms with Crippen molar-refractivity contribution < 1.29 is 34.0 Å². The maximum atomic E-state index is 13.6. The van der Waals surface area contributed by atoms with Crippen molar-refractivity contribution >= 4 is 60.1 Å². The van der Waals surface area contributed by atoms with Crippen LogP contribution in [0.4, 0.5) is 5.13 Å². The van der Waals surface area contributed by atoms with Crippen molar-refractivity contribution in [2.24, 2.45) is 0 Å². The standard InChI is InChI=1S/C29H25BrN2O7S/c1-4-38-17-8-6-15(7-9-17)25(33)23-24(16-12-19(30)26(34)21(13-16)37-3)32(28(36)27(23)35)29-31-20-11-10-18(39-5-2)14-22(20)40-29/h6-14,24,33-34H,4-5H2,1-3H3. The van der Waals surface area contributed by atoms with Gasteiger partial charge in [0.25, 0.3) is 5.78 Å². The summed E-state index contributed by atoms with van der Waals surface area (Å²) >= 11 is 4.55. The molecule has 0 saturated carbocycles. The molecule has 0 spiro atoms. The van der Waals surface area contributed by atoms with Gasteiger partial charge in [-0.15, -0.1) is 0 Å². The van der Waals surface area contributed by atoms with Crippen molar-refractivity contribution in [1.82, 2.24) is 4.98 Å². The van der Waals surface area contributed by atoms with Crippen LogP contribution in [0.2, 0.25) is 0 Å². The number of methoxy groups -OCH3 is 1. The number of hydrogen-bond donors (Lipinski definition) is 2. The fourth-order valence-corrected chi connectivity index (χ4v) is 6.02. The second-order valence-electron chi connectivity index (χ2n) is 8.74. The Morgan fingerprint density at radius 3 is 2.38 bits per heavy atom. The third-order valence-corrected chi connectivity index (χ3v) is 7.96. The van der Waals surface area contributed by atoms with Crippen molar-refractivity contribution in [3.63, 3.8) is 0 Å². The number of aromatic hydroxyl groups is 1. The number of nitrogens with zero attached hydrogens (tertiary/aromatic N) is 2. The SMILES string of the molecule is CCOc1ccc(C(O)=C2C(=O)C(=O)N(c3nc4ccc(OCC)cc4s3)C2c2cc(Br)c(O)c(OC)c2)cc1. The van der Waals surface area contributed by atoms with E-state index in [4.69, 9.17) is 14.2 Å². The molecule has 2 heterocycles. The number of fused-ring (bicyclic) bond motifs is 1. The van der Waals surface area contributed by atoms with Crippen LogP contribution in [0.1, 0.15) is 31.0 Å². The second-order valence-corrected chi connectivity index (χ2v) is 10.6. The Labute approximate surface area is 242 Å². The molecule has 5 rings (SSSR count). The van der Waals surface area contributed by atoms with Crippen LogP contribution in [0, 0.1) is 0 Å². The van der Waals surface area contributed by atoms with Crippen molar-refractivity contribution in [3.05, 3.63) is 75.8 Å². The van der Waals surface area contributed by atoms with Crippen LogP contribution in [0.25, 0.3) is 16.0 Å². The van der Waals surface area contributed by atoms with Crippen molar-refractivity contribution in [3.8, 4) is 23.0 Å². The number of aliphatic hydroxyl groups is 1. The molecule has 1 saturated heterocycles. The summed E-state index contributed by atoms with van der Waals surface area (Å²) in [4.78, 5) is 33.0. The number of carbonyl (C=O) groups excluding carboxylic acids is 2. The van der Waals surface area contributed by atoms with Gasteiger partial charge in [-0.2, -0.15) is 0 Å². The normalized spacial score (nSPS) is 16.5. The van der Waals surface area contributed by atoms with Gasteiger partial charge < -0.3 is 24.4 Å². The maximum Gasteiger partial charge on any atom is 0.301 e. The lowest BCUT2D eigenvalue weighted by Gasteiger charge is -2.24. The summed E-state index contributed by atoms with van der Waals surface area (Å²) in [5.41, 5.74) is 1.26. The van der Waals surface area contributed by atoms with Crippen LogP contribution in [-0.4, -0.2) is 47.2 Å². The Bertz CT molecular complexity index is 1650. The minimum Gasteiger partial charge on any atom is -0.507 e. The molecular formula is C29H25BrN2O7S. The van der Waals surface area contributed by atoms with Crippen LogP contribution in [0.3, 0.4) is 0 Å². The molecule has 1 aliphatic heterocycles. The smallest absolute Gasteiger partial charge is 0.301 e. The second kappa shape index (κ2) is 11.2. The highest BCUT2D eigenvalue weighted by Crippen LogP contribution is 2.47. The van der Waals surface area contributed by atoms with E-state index in [1.807, 2.05) is 19.9 Å². The van der Waals surface area contributed by atoms with Gasteiger partial charge in [0, 0.05) is 5.56 Å².